The van der Waals surface area contributed by atoms with Crippen molar-refractivity contribution in [2.75, 3.05) is 0 Å². The van der Waals surface area contributed by atoms with Gasteiger partial charge in [0.15, 0.2) is 0 Å². The summed E-state index contributed by atoms with van der Waals surface area (Å²) < 4.78 is 1.53. The summed E-state index contributed by atoms with van der Waals surface area (Å²) in [5.41, 5.74) is 0.918. The molecule has 0 saturated carbocycles. The van der Waals surface area contributed by atoms with E-state index in [9.17, 15) is 14.7 Å². The third-order valence-corrected chi connectivity index (χ3v) is 3.34. The van der Waals surface area contributed by atoms with Gasteiger partial charge in [0, 0.05) is 6.04 Å². The van der Waals surface area contributed by atoms with Crippen LogP contribution in [0.3, 0.4) is 0 Å². The third kappa shape index (κ3) is 1.81. The van der Waals surface area contributed by atoms with Crippen molar-refractivity contribution < 1.29 is 9.90 Å². The van der Waals surface area contributed by atoms with E-state index in [0.717, 1.165) is 0 Å². The van der Waals surface area contributed by atoms with Crippen molar-refractivity contribution in [3.8, 4) is 0 Å². The zero-order valence-electron chi connectivity index (χ0n) is 10.6. The van der Waals surface area contributed by atoms with Crippen molar-refractivity contribution in [2.24, 2.45) is 5.92 Å². The van der Waals surface area contributed by atoms with Crippen molar-refractivity contribution >= 4 is 17.0 Å². The first kappa shape index (κ1) is 12.4. The molecular weight excluding hydrogens is 232 g/mol. The van der Waals surface area contributed by atoms with Crippen LogP contribution in [0.2, 0.25) is 0 Å². The lowest BCUT2D eigenvalue weighted by Gasteiger charge is -2.18. The Morgan fingerprint density at radius 1 is 1.33 bits per heavy atom. The number of aromatic nitrogens is 2. The lowest BCUT2D eigenvalue weighted by atomic mass is 10.1. The molecule has 1 aromatic heterocycles. The van der Waals surface area contributed by atoms with E-state index < -0.39 is 5.97 Å². The van der Waals surface area contributed by atoms with E-state index in [4.69, 9.17) is 0 Å². The summed E-state index contributed by atoms with van der Waals surface area (Å²) in [6.45, 7) is 5.91. The van der Waals surface area contributed by atoms with Crippen LogP contribution >= 0.6 is 0 Å². The van der Waals surface area contributed by atoms with Crippen molar-refractivity contribution in [3.05, 3.63) is 34.2 Å². The van der Waals surface area contributed by atoms with Crippen LogP contribution in [-0.4, -0.2) is 20.6 Å². The van der Waals surface area contributed by atoms with Gasteiger partial charge in [-0.15, -0.1) is 0 Å². The molecule has 0 spiro atoms. The number of para-hydroxylation sites is 1. The number of carboxylic acids is 1. The molecule has 1 aromatic carbocycles. The molecule has 0 bridgehead atoms. The van der Waals surface area contributed by atoms with E-state index in [2.05, 4.69) is 4.98 Å². The van der Waals surface area contributed by atoms with Crippen LogP contribution in [0.1, 0.15) is 37.2 Å². The fourth-order valence-corrected chi connectivity index (χ4v) is 2.04. The monoisotopic (exact) mass is 248 g/mol. The lowest BCUT2D eigenvalue weighted by molar-refractivity contribution is 0.0698. The minimum atomic E-state index is -1.02. The Balaban J connectivity index is 2.84. The SMILES string of the molecule is CC(C)C(C)n1c(=O)[nH]c2cccc(C(=O)O)c21. The minimum absolute atomic E-state index is 0.0632. The van der Waals surface area contributed by atoms with Gasteiger partial charge in [-0.1, -0.05) is 19.9 Å². The van der Waals surface area contributed by atoms with E-state index in [1.54, 1.807) is 12.1 Å². The molecule has 18 heavy (non-hydrogen) atoms. The number of carbonyl (C=O) groups is 1. The second-order valence-electron chi connectivity index (χ2n) is 4.79. The molecule has 1 atom stereocenters. The molecule has 0 aliphatic carbocycles. The van der Waals surface area contributed by atoms with E-state index >= 15 is 0 Å². The number of rotatable bonds is 3. The number of H-pyrrole nitrogens is 1. The second-order valence-corrected chi connectivity index (χ2v) is 4.79. The number of nitrogens with zero attached hydrogens (tertiary/aromatic N) is 1. The number of benzene rings is 1. The van der Waals surface area contributed by atoms with Gasteiger partial charge >= 0.3 is 11.7 Å². The Morgan fingerprint density at radius 2 is 2.00 bits per heavy atom. The molecule has 5 nitrogen and oxygen atoms in total. The summed E-state index contributed by atoms with van der Waals surface area (Å²) in [6, 6.07) is 4.80. The number of imidazole rings is 1. The molecular formula is C13H16N2O3. The van der Waals surface area contributed by atoms with E-state index in [0.29, 0.717) is 11.0 Å². The first-order valence-electron chi connectivity index (χ1n) is 5.90. The Kier molecular flexibility index (Phi) is 2.98. The molecule has 0 amide bonds. The number of aromatic amines is 1. The zero-order valence-corrected chi connectivity index (χ0v) is 10.6. The topological polar surface area (TPSA) is 75.1 Å². The van der Waals surface area contributed by atoms with Crippen LogP contribution in [0.5, 0.6) is 0 Å². The third-order valence-electron chi connectivity index (χ3n) is 3.34. The van der Waals surface area contributed by atoms with E-state index in [1.165, 1.54) is 10.6 Å². The molecule has 2 aromatic rings. The lowest BCUT2D eigenvalue weighted by Crippen LogP contribution is -2.24. The van der Waals surface area contributed by atoms with E-state index in [1.807, 2.05) is 20.8 Å². The molecule has 2 N–H and O–H groups in total. The molecule has 1 unspecified atom stereocenters. The van der Waals surface area contributed by atoms with Gasteiger partial charge in [-0.2, -0.15) is 0 Å². The van der Waals surface area contributed by atoms with Gasteiger partial charge in [0.2, 0.25) is 0 Å². The first-order chi connectivity index (χ1) is 8.43. The van der Waals surface area contributed by atoms with Gasteiger partial charge in [-0.3, -0.25) is 4.57 Å². The fourth-order valence-electron chi connectivity index (χ4n) is 2.04. The molecule has 0 aliphatic heterocycles. The van der Waals surface area contributed by atoms with Gasteiger partial charge in [0.25, 0.3) is 0 Å². The number of carboxylic acid groups (broad SMARTS) is 1. The minimum Gasteiger partial charge on any atom is -0.478 e. The predicted octanol–water partition coefficient (Wildman–Crippen LogP) is 2.24. The van der Waals surface area contributed by atoms with Crippen molar-refractivity contribution in [1.29, 1.82) is 0 Å². The second kappa shape index (κ2) is 4.33. The van der Waals surface area contributed by atoms with Crippen LogP contribution in [0.4, 0.5) is 0 Å². The summed E-state index contributed by atoms with van der Waals surface area (Å²) in [7, 11) is 0. The first-order valence-corrected chi connectivity index (χ1v) is 5.90. The van der Waals surface area contributed by atoms with E-state index in [-0.39, 0.29) is 23.2 Å². The number of hydrogen-bond acceptors (Lipinski definition) is 2. The average molecular weight is 248 g/mol. The van der Waals surface area contributed by atoms with Crippen molar-refractivity contribution in [3.63, 3.8) is 0 Å². The number of aromatic carboxylic acids is 1. The Morgan fingerprint density at radius 3 is 2.56 bits per heavy atom. The van der Waals surface area contributed by atoms with Crippen LogP contribution in [0.25, 0.3) is 11.0 Å². The molecule has 96 valence electrons. The summed E-state index contributed by atoms with van der Waals surface area (Å²) in [4.78, 5) is 25.9. The highest BCUT2D eigenvalue weighted by Crippen LogP contribution is 2.23. The Bertz CT molecular complexity index is 652. The van der Waals surface area contributed by atoms with Gasteiger partial charge in [-0.05, 0) is 25.0 Å². The smallest absolute Gasteiger partial charge is 0.337 e. The average Bonchev–Trinajstić information content (AvgIpc) is 2.63. The normalized spacial score (nSPS) is 13.1. The number of hydrogen-bond donors (Lipinski definition) is 2. The highest BCUT2D eigenvalue weighted by atomic mass is 16.4. The molecule has 0 aliphatic rings. The standard InChI is InChI=1S/C13H16N2O3/c1-7(2)8(3)15-11-9(12(16)17)5-4-6-10(11)14-13(15)18/h4-8H,1-3H3,(H,14,18)(H,16,17). The summed E-state index contributed by atoms with van der Waals surface area (Å²) >= 11 is 0. The number of fused-ring (bicyclic) bond motifs is 1. The zero-order chi connectivity index (χ0) is 13.4. The van der Waals surface area contributed by atoms with Gasteiger partial charge in [-0.25, -0.2) is 9.59 Å². The maximum Gasteiger partial charge on any atom is 0.337 e. The van der Waals surface area contributed by atoms with Crippen LogP contribution in [0, 0.1) is 5.92 Å². The molecule has 1 heterocycles. The van der Waals surface area contributed by atoms with Crippen molar-refractivity contribution in [2.45, 2.75) is 26.8 Å². The Hall–Kier alpha value is -2.04. The van der Waals surface area contributed by atoms with Crippen LogP contribution in [-0.2, 0) is 0 Å². The van der Waals surface area contributed by atoms with Crippen LogP contribution < -0.4 is 5.69 Å². The largest absolute Gasteiger partial charge is 0.478 e. The quantitative estimate of drug-likeness (QED) is 0.874. The summed E-state index contributed by atoms with van der Waals surface area (Å²) in [5.74, 6) is -0.784. The molecule has 0 fully saturated rings. The van der Waals surface area contributed by atoms with Crippen molar-refractivity contribution in [1.82, 2.24) is 9.55 Å². The molecule has 2 rings (SSSR count). The molecule has 5 heteroatoms. The van der Waals surface area contributed by atoms with Crippen LogP contribution in [0.15, 0.2) is 23.0 Å². The maximum absolute atomic E-state index is 12.0. The van der Waals surface area contributed by atoms with Gasteiger partial charge in [0.1, 0.15) is 0 Å². The Labute approximate surface area is 104 Å². The summed E-state index contributed by atoms with van der Waals surface area (Å²) in [5, 5.41) is 9.21. The van der Waals surface area contributed by atoms with Gasteiger partial charge < -0.3 is 10.1 Å². The number of nitrogens with one attached hydrogen (secondary N) is 1. The fraction of sp³-hybridized carbons (Fsp3) is 0.385. The highest BCUT2D eigenvalue weighted by molar-refractivity contribution is 6.01. The highest BCUT2D eigenvalue weighted by Gasteiger charge is 2.20. The maximum atomic E-state index is 12.0. The van der Waals surface area contributed by atoms with Gasteiger partial charge in [0.05, 0.1) is 16.6 Å². The summed E-state index contributed by atoms with van der Waals surface area (Å²) in [6.07, 6.45) is 0. The molecule has 0 radical (unpaired) electrons. The molecule has 0 saturated heterocycles. The predicted molar refractivity (Wildman–Crippen MR) is 69.1 cm³/mol.